The van der Waals surface area contributed by atoms with E-state index >= 15 is 0 Å². The molecule has 0 aliphatic carbocycles. The molecular formula is C12H24N2S+2. The number of quaternary nitrogens is 2. The molecule has 0 aromatic carbocycles. The van der Waals surface area contributed by atoms with Crippen LogP contribution in [0, 0.1) is 6.92 Å². The molecule has 0 aliphatic rings. The van der Waals surface area contributed by atoms with E-state index in [1.54, 1.807) is 4.90 Å². The van der Waals surface area contributed by atoms with Crippen LogP contribution in [0.15, 0.2) is 12.1 Å². The van der Waals surface area contributed by atoms with Crippen molar-refractivity contribution in [3.63, 3.8) is 0 Å². The first-order chi connectivity index (χ1) is 7.26. The van der Waals surface area contributed by atoms with Gasteiger partial charge in [0.1, 0.15) is 19.6 Å². The van der Waals surface area contributed by atoms with Crippen molar-refractivity contribution in [2.75, 3.05) is 26.2 Å². The minimum atomic E-state index is 1.15. The monoisotopic (exact) mass is 228 g/mol. The zero-order valence-electron chi connectivity index (χ0n) is 10.2. The Bertz CT molecular complexity index is 266. The summed E-state index contributed by atoms with van der Waals surface area (Å²) in [6, 6.07) is 4.46. The number of rotatable bonds is 7. The van der Waals surface area contributed by atoms with Crippen LogP contribution in [-0.4, -0.2) is 26.2 Å². The number of nitrogens with two attached hydrogens (primary N) is 1. The standard InChI is InChI=1S/C12H22N2S/c1-4-14(5-2)9-8-13-10-12-7-6-11(3)15-12/h6-7,13H,4-5,8-10H2,1-3H3/p+2. The van der Waals surface area contributed by atoms with Crippen molar-refractivity contribution in [3.05, 3.63) is 21.9 Å². The average Bonchev–Trinajstić information content (AvgIpc) is 2.65. The third-order valence-electron chi connectivity index (χ3n) is 2.84. The smallest absolute Gasteiger partial charge is 0.127 e. The SMILES string of the molecule is CC[NH+](CC)CC[NH2+]Cc1ccc(C)s1. The van der Waals surface area contributed by atoms with Crippen LogP contribution in [0.2, 0.25) is 0 Å². The molecule has 1 rings (SSSR count). The largest absolute Gasteiger partial charge is 0.337 e. The molecule has 0 radical (unpaired) electrons. The molecule has 1 heterocycles. The molecular weight excluding hydrogens is 204 g/mol. The van der Waals surface area contributed by atoms with Gasteiger partial charge in [-0.1, -0.05) is 0 Å². The summed E-state index contributed by atoms with van der Waals surface area (Å²) < 4.78 is 0. The van der Waals surface area contributed by atoms with Gasteiger partial charge in [0, 0.05) is 4.88 Å². The minimum Gasteiger partial charge on any atom is -0.337 e. The van der Waals surface area contributed by atoms with E-state index in [0.717, 1.165) is 6.54 Å². The summed E-state index contributed by atoms with van der Waals surface area (Å²) in [5.41, 5.74) is 0. The molecule has 1 aromatic heterocycles. The van der Waals surface area contributed by atoms with E-state index in [1.807, 2.05) is 11.3 Å². The van der Waals surface area contributed by atoms with Crippen LogP contribution in [0.5, 0.6) is 0 Å². The second-order valence-electron chi connectivity index (χ2n) is 4.00. The van der Waals surface area contributed by atoms with Crippen molar-refractivity contribution in [2.24, 2.45) is 0 Å². The topological polar surface area (TPSA) is 21.1 Å². The molecule has 1 aromatic rings. The molecule has 0 spiro atoms. The maximum Gasteiger partial charge on any atom is 0.127 e. The Balaban J connectivity index is 2.11. The first kappa shape index (κ1) is 12.7. The van der Waals surface area contributed by atoms with Crippen molar-refractivity contribution in [3.8, 4) is 0 Å². The summed E-state index contributed by atoms with van der Waals surface area (Å²) in [5, 5.41) is 2.43. The summed E-state index contributed by atoms with van der Waals surface area (Å²) in [7, 11) is 0. The molecule has 0 atom stereocenters. The van der Waals surface area contributed by atoms with Gasteiger partial charge in [-0.3, -0.25) is 0 Å². The zero-order valence-corrected chi connectivity index (χ0v) is 11.0. The fraction of sp³-hybridized carbons (Fsp3) is 0.667. The van der Waals surface area contributed by atoms with Gasteiger partial charge in [0.15, 0.2) is 0 Å². The molecule has 15 heavy (non-hydrogen) atoms. The van der Waals surface area contributed by atoms with Gasteiger partial charge >= 0.3 is 0 Å². The summed E-state index contributed by atoms with van der Waals surface area (Å²) in [6.45, 7) is 12.9. The number of hydrogen-bond acceptors (Lipinski definition) is 1. The molecule has 3 N–H and O–H groups in total. The van der Waals surface area contributed by atoms with E-state index in [0.29, 0.717) is 0 Å². The first-order valence-corrected chi connectivity index (χ1v) is 6.78. The number of aryl methyl sites for hydroxylation is 1. The van der Waals surface area contributed by atoms with Crippen LogP contribution in [0.1, 0.15) is 23.6 Å². The summed E-state index contributed by atoms with van der Waals surface area (Å²) in [4.78, 5) is 4.63. The predicted octanol–water partition coefficient (Wildman–Crippen LogP) is 0.0446. The number of likely N-dealkylation sites (N-methyl/N-ethyl adjacent to an activating group) is 1. The Morgan fingerprint density at radius 3 is 2.53 bits per heavy atom. The third kappa shape index (κ3) is 4.78. The minimum absolute atomic E-state index is 1.15. The maximum atomic E-state index is 2.43. The van der Waals surface area contributed by atoms with E-state index < -0.39 is 0 Å². The Kier molecular flexibility index (Phi) is 5.91. The van der Waals surface area contributed by atoms with E-state index in [4.69, 9.17) is 0 Å². The van der Waals surface area contributed by atoms with Crippen molar-refractivity contribution in [2.45, 2.75) is 27.3 Å². The van der Waals surface area contributed by atoms with E-state index in [2.05, 4.69) is 38.2 Å². The Morgan fingerprint density at radius 2 is 2.00 bits per heavy atom. The van der Waals surface area contributed by atoms with Gasteiger partial charge in [0.25, 0.3) is 0 Å². The highest BCUT2D eigenvalue weighted by molar-refractivity contribution is 7.11. The molecule has 3 heteroatoms. The van der Waals surface area contributed by atoms with Crippen molar-refractivity contribution >= 4 is 11.3 Å². The van der Waals surface area contributed by atoms with Crippen LogP contribution in [-0.2, 0) is 6.54 Å². The lowest BCUT2D eigenvalue weighted by Gasteiger charge is -2.13. The quantitative estimate of drug-likeness (QED) is 0.615. The molecule has 0 fully saturated rings. The second-order valence-corrected chi connectivity index (χ2v) is 5.37. The lowest BCUT2D eigenvalue weighted by molar-refractivity contribution is -0.910. The fourth-order valence-electron chi connectivity index (χ4n) is 1.75. The van der Waals surface area contributed by atoms with Crippen LogP contribution in [0.25, 0.3) is 0 Å². The number of thiophene rings is 1. The highest BCUT2D eigenvalue weighted by Crippen LogP contribution is 2.12. The zero-order chi connectivity index (χ0) is 11.1. The lowest BCUT2D eigenvalue weighted by atomic mass is 10.4. The predicted molar refractivity (Wildman–Crippen MR) is 66.5 cm³/mol. The highest BCUT2D eigenvalue weighted by Gasteiger charge is 2.03. The normalized spacial score (nSPS) is 11.2. The molecule has 0 amide bonds. The molecule has 2 nitrogen and oxygen atoms in total. The number of hydrogen-bond donors (Lipinski definition) is 2. The second kappa shape index (κ2) is 6.99. The Hall–Kier alpha value is -0.380. The Labute approximate surface area is 97.3 Å². The van der Waals surface area contributed by atoms with Gasteiger partial charge in [0.05, 0.1) is 18.0 Å². The van der Waals surface area contributed by atoms with Gasteiger partial charge < -0.3 is 10.2 Å². The van der Waals surface area contributed by atoms with Gasteiger partial charge in [-0.25, -0.2) is 0 Å². The van der Waals surface area contributed by atoms with Crippen LogP contribution in [0.4, 0.5) is 0 Å². The third-order valence-corrected chi connectivity index (χ3v) is 3.87. The molecule has 86 valence electrons. The lowest BCUT2D eigenvalue weighted by Crippen LogP contribution is -3.14. The summed E-state index contributed by atoms with van der Waals surface area (Å²) >= 11 is 1.92. The molecule has 0 saturated heterocycles. The highest BCUT2D eigenvalue weighted by atomic mass is 32.1. The van der Waals surface area contributed by atoms with E-state index in [9.17, 15) is 0 Å². The van der Waals surface area contributed by atoms with Gasteiger partial charge in [-0.2, -0.15) is 0 Å². The van der Waals surface area contributed by atoms with Gasteiger partial charge in [-0.15, -0.1) is 11.3 Å². The first-order valence-electron chi connectivity index (χ1n) is 5.96. The van der Waals surface area contributed by atoms with E-state index in [-0.39, 0.29) is 0 Å². The van der Waals surface area contributed by atoms with Crippen LogP contribution < -0.4 is 10.2 Å². The molecule has 0 bridgehead atoms. The van der Waals surface area contributed by atoms with Crippen molar-refractivity contribution in [1.29, 1.82) is 0 Å². The van der Waals surface area contributed by atoms with Gasteiger partial charge in [-0.05, 0) is 32.9 Å². The van der Waals surface area contributed by atoms with E-state index in [1.165, 1.54) is 35.9 Å². The van der Waals surface area contributed by atoms with Crippen LogP contribution in [0.3, 0.4) is 0 Å². The Morgan fingerprint density at radius 1 is 1.27 bits per heavy atom. The van der Waals surface area contributed by atoms with Crippen LogP contribution >= 0.6 is 11.3 Å². The maximum absolute atomic E-state index is 2.43. The fourth-order valence-corrected chi connectivity index (χ4v) is 2.64. The molecule has 0 aliphatic heterocycles. The molecule has 0 unspecified atom stereocenters. The van der Waals surface area contributed by atoms with Gasteiger partial charge in [0.2, 0.25) is 0 Å². The van der Waals surface area contributed by atoms with Crippen molar-refractivity contribution in [1.82, 2.24) is 0 Å². The molecule has 0 saturated carbocycles. The van der Waals surface area contributed by atoms with Crippen molar-refractivity contribution < 1.29 is 10.2 Å². The average molecular weight is 228 g/mol. The summed E-state index contributed by atoms with van der Waals surface area (Å²) in [6.07, 6.45) is 0. The summed E-state index contributed by atoms with van der Waals surface area (Å²) in [5.74, 6) is 0. The number of nitrogens with one attached hydrogen (secondary N) is 1.